The van der Waals surface area contributed by atoms with Crippen molar-refractivity contribution in [1.82, 2.24) is 5.32 Å². The third-order valence-electron chi connectivity index (χ3n) is 4.87. The lowest BCUT2D eigenvalue weighted by Crippen LogP contribution is -2.45. The summed E-state index contributed by atoms with van der Waals surface area (Å²) in [5, 5.41) is 2.79. The molecule has 0 radical (unpaired) electrons. The Labute approximate surface area is 182 Å². The number of rotatable bonds is 10. The van der Waals surface area contributed by atoms with E-state index in [1.165, 1.54) is 21.3 Å². The summed E-state index contributed by atoms with van der Waals surface area (Å²) >= 11 is 0. The topological polar surface area (TPSA) is 92.3 Å². The molecule has 31 heavy (non-hydrogen) atoms. The molecule has 2 aromatic rings. The van der Waals surface area contributed by atoms with Gasteiger partial charge in [-0.1, -0.05) is 13.0 Å². The van der Waals surface area contributed by atoms with Crippen LogP contribution in [0.2, 0.25) is 0 Å². The molecule has 0 saturated carbocycles. The van der Waals surface area contributed by atoms with Gasteiger partial charge < -0.3 is 29.0 Å². The van der Waals surface area contributed by atoms with Crippen molar-refractivity contribution >= 4 is 11.9 Å². The van der Waals surface area contributed by atoms with Gasteiger partial charge in [-0.05, 0) is 36.8 Å². The van der Waals surface area contributed by atoms with E-state index in [4.69, 9.17) is 23.7 Å². The van der Waals surface area contributed by atoms with Crippen molar-refractivity contribution in [3.05, 3.63) is 47.5 Å². The lowest BCUT2D eigenvalue weighted by Gasteiger charge is -2.24. The molecule has 0 bridgehead atoms. The Bertz CT molecular complexity index is 891. The first kappa shape index (κ1) is 23.9. The molecule has 8 nitrogen and oxygen atoms in total. The van der Waals surface area contributed by atoms with E-state index in [2.05, 4.69) is 5.32 Å². The minimum atomic E-state index is -0.928. The van der Waals surface area contributed by atoms with E-state index >= 15 is 0 Å². The SMILES string of the molecule is CCOC(=O)C(NC(=O)c1cc(OC)cc(OC)c1)C(C)c1ccc(OC)c(OC)c1. The van der Waals surface area contributed by atoms with Crippen LogP contribution in [0.3, 0.4) is 0 Å². The number of methoxy groups -OCH3 is 4. The van der Waals surface area contributed by atoms with Crippen LogP contribution in [0.1, 0.15) is 35.7 Å². The molecule has 2 rings (SSSR count). The van der Waals surface area contributed by atoms with Crippen LogP contribution in [0.25, 0.3) is 0 Å². The first-order valence-corrected chi connectivity index (χ1v) is 9.80. The van der Waals surface area contributed by atoms with Crippen LogP contribution < -0.4 is 24.3 Å². The van der Waals surface area contributed by atoms with E-state index in [1.54, 1.807) is 44.4 Å². The highest BCUT2D eigenvalue weighted by molar-refractivity contribution is 5.97. The van der Waals surface area contributed by atoms with E-state index in [9.17, 15) is 9.59 Å². The van der Waals surface area contributed by atoms with Crippen molar-refractivity contribution in [2.75, 3.05) is 35.0 Å². The zero-order valence-corrected chi connectivity index (χ0v) is 18.7. The van der Waals surface area contributed by atoms with Crippen molar-refractivity contribution < 1.29 is 33.3 Å². The summed E-state index contributed by atoms with van der Waals surface area (Å²) < 4.78 is 26.3. The molecule has 8 heteroatoms. The molecule has 2 atom stereocenters. The Morgan fingerprint density at radius 3 is 2.00 bits per heavy atom. The van der Waals surface area contributed by atoms with Crippen molar-refractivity contribution in [1.29, 1.82) is 0 Å². The zero-order chi connectivity index (χ0) is 23.0. The van der Waals surface area contributed by atoms with Crippen LogP contribution in [-0.2, 0) is 9.53 Å². The molecule has 2 aromatic carbocycles. The molecule has 0 spiro atoms. The maximum absolute atomic E-state index is 13.0. The molecule has 2 unspecified atom stereocenters. The number of carbonyl (C=O) groups excluding carboxylic acids is 2. The largest absolute Gasteiger partial charge is 0.497 e. The lowest BCUT2D eigenvalue weighted by atomic mass is 9.92. The predicted octanol–water partition coefficient (Wildman–Crippen LogP) is 3.19. The number of nitrogens with one attached hydrogen (secondary N) is 1. The van der Waals surface area contributed by atoms with Gasteiger partial charge in [0.15, 0.2) is 11.5 Å². The first-order valence-electron chi connectivity index (χ1n) is 9.80. The number of carbonyl (C=O) groups is 2. The molecule has 0 aliphatic carbocycles. The Morgan fingerprint density at radius 1 is 0.871 bits per heavy atom. The third-order valence-corrected chi connectivity index (χ3v) is 4.87. The standard InChI is InChI=1S/C23H29NO7/c1-7-31-23(26)21(14(2)15-8-9-19(29-5)20(12-15)30-6)24-22(25)16-10-17(27-3)13-18(11-16)28-4/h8-14,21H,7H2,1-6H3,(H,24,25). The van der Waals surface area contributed by atoms with Gasteiger partial charge in [-0.3, -0.25) is 4.79 Å². The fourth-order valence-corrected chi connectivity index (χ4v) is 3.11. The van der Waals surface area contributed by atoms with Crippen LogP contribution in [-0.4, -0.2) is 53.0 Å². The smallest absolute Gasteiger partial charge is 0.329 e. The Morgan fingerprint density at radius 2 is 1.48 bits per heavy atom. The van der Waals surface area contributed by atoms with Gasteiger partial charge in [0.05, 0.1) is 35.0 Å². The van der Waals surface area contributed by atoms with E-state index in [0.29, 0.717) is 28.6 Å². The molecule has 0 aromatic heterocycles. The Hall–Kier alpha value is -3.42. The number of benzene rings is 2. The van der Waals surface area contributed by atoms with Gasteiger partial charge in [0.25, 0.3) is 5.91 Å². The van der Waals surface area contributed by atoms with Gasteiger partial charge in [0.1, 0.15) is 17.5 Å². The summed E-state index contributed by atoms with van der Waals surface area (Å²) in [5.41, 5.74) is 1.07. The van der Waals surface area contributed by atoms with Crippen LogP contribution >= 0.6 is 0 Å². The van der Waals surface area contributed by atoms with Crippen LogP contribution in [0.15, 0.2) is 36.4 Å². The summed E-state index contributed by atoms with van der Waals surface area (Å²) in [7, 11) is 6.08. The Kier molecular flexibility index (Phi) is 8.54. The predicted molar refractivity (Wildman–Crippen MR) is 115 cm³/mol. The molecule has 0 fully saturated rings. The van der Waals surface area contributed by atoms with Gasteiger partial charge >= 0.3 is 5.97 Å². The first-order chi connectivity index (χ1) is 14.9. The second-order valence-electron chi connectivity index (χ2n) is 6.71. The third kappa shape index (κ3) is 5.81. The maximum Gasteiger partial charge on any atom is 0.329 e. The molecule has 0 aliphatic rings. The normalized spacial score (nSPS) is 12.3. The lowest BCUT2D eigenvalue weighted by molar-refractivity contribution is -0.145. The van der Waals surface area contributed by atoms with Gasteiger partial charge in [0, 0.05) is 17.5 Å². The minimum Gasteiger partial charge on any atom is -0.497 e. The highest BCUT2D eigenvalue weighted by Gasteiger charge is 2.30. The number of hydrogen-bond acceptors (Lipinski definition) is 7. The molecule has 0 saturated heterocycles. The van der Waals surface area contributed by atoms with Crippen molar-refractivity contribution in [2.45, 2.75) is 25.8 Å². The van der Waals surface area contributed by atoms with Gasteiger partial charge in [-0.2, -0.15) is 0 Å². The summed E-state index contributed by atoms with van der Waals surface area (Å²) in [4.78, 5) is 25.7. The quantitative estimate of drug-likeness (QED) is 0.578. The van der Waals surface area contributed by atoms with E-state index < -0.39 is 23.8 Å². The van der Waals surface area contributed by atoms with Crippen molar-refractivity contribution in [3.63, 3.8) is 0 Å². The van der Waals surface area contributed by atoms with E-state index in [1.807, 2.05) is 13.0 Å². The molecule has 168 valence electrons. The summed E-state index contributed by atoms with van der Waals surface area (Å²) in [5.74, 6) is 0.623. The van der Waals surface area contributed by atoms with Crippen LogP contribution in [0, 0.1) is 0 Å². The van der Waals surface area contributed by atoms with Crippen LogP contribution in [0.4, 0.5) is 0 Å². The average Bonchev–Trinajstić information content (AvgIpc) is 2.80. The zero-order valence-electron chi connectivity index (χ0n) is 18.7. The monoisotopic (exact) mass is 431 g/mol. The molecule has 1 amide bonds. The fourth-order valence-electron chi connectivity index (χ4n) is 3.11. The fraction of sp³-hybridized carbons (Fsp3) is 0.391. The van der Waals surface area contributed by atoms with Crippen molar-refractivity contribution in [2.24, 2.45) is 0 Å². The summed E-state index contributed by atoms with van der Waals surface area (Å²) in [6.45, 7) is 3.73. The minimum absolute atomic E-state index is 0.191. The number of amides is 1. The second kappa shape index (κ2) is 11.1. The Balaban J connectivity index is 2.36. The van der Waals surface area contributed by atoms with E-state index in [0.717, 1.165) is 5.56 Å². The summed E-state index contributed by atoms with van der Waals surface area (Å²) in [6, 6.07) is 9.22. The van der Waals surface area contributed by atoms with Gasteiger partial charge in [0.2, 0.25) is 0 Å². The molecular formula is C23H29NO7. The highest BCUT2D eigenvalue weighted by Crippen LogP contribution is 2.32. The average molecular weight is 431 g/mol. The number of hydrogen-bond donors (Lipinski definition) is 1. The van der Waals surface area contributed by atoms with Gasteiger partial charge in [-0.25, -0.2) is 4.79 Å². The van der Waals surface area contributed by atoms with Gasteiger partial charge in [-0.15, -0.1) is 0 Å². The molecule has 0 heterocycles. The second-order valence-corrected chi connectivity index (χ2v) is 6.71. The highest BCUT2D eigenvalue weighted by atomic mass is 16.5. The van der Waals surface area contributed by atoms with Crippen LogP contribution in [0.5, 0.6) is 23.0 Å². The van der Waals surface area contributed by atoms with Crippen molar-refractivity contribution in [3.8, 4) is 23.0 Å². The molecular weight excluding hydrogens is 402 g/mol. The summed E-state index contributed by atoms with van der Waals surface area (Å²) in [6.07, 6.45) is 0. The molecule has 1 N–H and O–H groups in total. The number of esters is 1. The molecule has 0 aliphatic heterocycles. The number of ether oxygens (including phenoxy) is 5. The maximum atomic E-state index is 13.0. The van der Waals surface area contributed by atoms with E-state index in [-0.39, 0.29) is 6.61 Å².